The van der Waals surface area contributed by atoms with E-state index in [4.69, 9.17) is 4.42 Å². The molecule has 23 heavy (non-hydrogen) atoms. The Morgan fingerprint density at radius 3 is 2.52 bits per heavy atom. The summed E-state index contributed by atoms with van der Waals surface area (Å²) in [6.45, 7) is 7.23. The van der Waals surface area contributed by atoms with Gasteiger partial charge in [0.2, 0.25) is 0 Å². The van der Waals surface area contributed by atoms with Gasteiger partial charge < -0.3 is 9.52 Å². The van der Waals surface area contributed by atoms with Crippen molar-refractivity contribution in [3.05, 3.63) is 45.3 Å². The molecule has 0 fully saturated rings. The van der Waals surface area contributed by atoms with Gasteiger partial charge in [-0.25, -0.2) is 4.79 Å². The summed E-state index contributed by atoms with van der Waals surface area (Å²) < 4.78 is 5.43. The molecule has 1 aliphatic rings. The number of benzene rings is 1. The molecular formula is C19H25NO3. The van der Waals surface area contributed by atoms with Crippen molar-refractivity contribution < 1.29 is 9.52 Å². The van der Waals surface area contributed by atoms with Gasteiger partial charge in [-0.05, 0) is 68.9 Å². The zero-order valence-electron chi connectivity index (χ0n) is 14.1. The molecule has 0 saturated carbocycles. The van der Waals surface area contributed by atoms with E-state index < -0.39 is 6.10 Å². The van der Waals surface area contributed by atoms with E-state index >= 15 is 0 Å². The lowest BCUT2D eigenvalue weighted by Crippen LogP contribution is -2.36. The second-order valence-electron chi connectivity index (χ2n) is 6.93. The monoisotopic (exact) mass is 315 g/mol. The third kappa shape index (κ3) is 3.48. The van der Waals surface area contributed by atoms with Gasteiger partial charge in [0.05, 0.1) is 6.10 Å². The maximum absolute atomic E-state index is 11.9. The molecule has 1 unspecified atom stereocenters. The van der Waals surface area contributed by atoms with Gasteiger partial charge >= 0.3 is 5.63 Å². The molecule has 1 aliphatic carbocycles. The highest BCUT2D eigenvalue weighted by Gasteiger charge is 2.18. The first-order chi connectivity index (χ1) is 10.9. The van der Waals surface area contributed by atoms with Crippen LogP contribution in [0, 0.1) is 0 Å². The van der Waals surface area contributed by atoms with Gasteiger partial charge in [-0.1, -0.05) is 0 Å². The third-order valence-corrected chi connectivity index (χ3v) is 4.65. The molecule has 0 saturated heterocycles. The fourth-order valence-corrected chi connectivity index (χ4v) is 3.44. The Balaban J connectivity index is 2.04. The average molecular weight is 315 g/mol. The smallest absolute Gasteiger partial charge is 0.336 e. The molecule has 0 spiro atoms. The fraction of sp³-hybridized carbons (Fsp3) is 0.526. The molecule has 2 aromatic rings. The number of rotatable bonds is 5. The summed E-state index contributed by atoms with van der Waals surface area (Å²) in [5.74, 6) is 0. The fourth-order valence-electron chi connectivity index (χ4n) is 3.44. The van der Waals surface area contributed by atoms with Crippen molar-refractivity contribution in [1.82, 2.24) is 4.90 Å². The first-order valence-corrected chi connectivity index (χ1v) is 8.44. The topological polar surface area (TPSA) is 53.7 Å². The molecule has 1 N–H and O–H groups in total. The normalized spacial score (nSPS) is 15.6. The molecular weight excluding hydrogens is 290 g/mol. The molecule has 1 heterocycles. The molecule has 0 bridgehead atoms. The van der Waals surface area contributed by atoms with Crippen LogP contribution in [0.2, 0.25) is 0 Å². The summed E-state index contributed by atoms with van der Waals surface area (Å²) in [7, 11) is 0. The molecule has 0 radical (unpaired) electrons. The quantitative estimate of drug-likeness (QED) is 0.862. The maximum Gasteiger partial charge on any atom is 0.336 e. The summed E-state index contributed by atoms with van der Waals surface area (Å²) in [5, 5.41) is 10.8. The van der Waals surface area contributed by atoms with Crippen LogP contribution < -0.4 is 5.63 Å². The molecule has 0 aliphatic heterocycles. The molecule has 4 nitrogen and oxygen atoms in total. The van der Waals surface area contributed by atoms with Crippen LogP contribution in [0.15, 0.2) is 27.4 Å². The Bertz CT molecular complexity index is 761. The minimum atomic E-state index is -0.395. The van der Waals surface area contributed by atoms with E-state index in [1.807, 2.05) is 6.07 Å². The highest BCUT2D eigenvalue weighted by Crippen LogP contribution is 2.29. The van der Waals surface area contributed by atoms with Gasteiger partial charge in [-0.3, -0.25) is 4.90 Å². The number of aliphatic hydroxyl groups is 1. The van der Waals surface area contributed by atoms with Crippen molar-refractivity contribution in [2.45, 2.75) is 58.7 Å². The minimum Gasteiger partial charge on any atom is -0.423 e. The van der Waals surface area contributed by atoms with Crippen molar-refractivity contribution in [1.29, 1.82) is 0 Å². The number of hydrogen-bond acceptors (Lipinski definition) is 4. The van der Waals surface area contributed by atoms with Gasteiger partial charge in [0.1, 0.15) is 5.58 Å². The highest BCUT2D eigenvalue weighted by molar-refractivity contribution is 5.82. The summed E-state index contributed by atoms with van der Waals surface area (Å²) in [6, 6.07) is 6.12. The van der Waals surface area contributed by atoms with Crippen molar-refractivity contribution in [3.8, 4) is 0 Å². The Morgan fingerprint density at radius 1 is 1.17 bits per heavy atom. The Kier molecular flexibility index (Phi) is 4.55. The van der Waals surface area contributed by atoms with Gasteiger partial charge in [0.15, 0.2) is 0 Å². The van der Waals surface area contributed by atoms with Crippen LogP contribution in [0.1, 0.15) is 43.9 Å². The standard InChI is InChI=1S/C19H25NO3/c1-12(2)20(10-13(3)21)11-16-9-19(22)23-18-8-15-6-4-5-14(15)7-17(16)18/h7-9,12-13,21H,4-6,10-11H2,1-3H3. The van der Waals surface area contributed by atoms with Crippen molar-refractivity contribution in [2.75, 3.05) is 6.54 Å². The van der Waals surface area contributed by atoms with E-state index in [0.717, 1.165) is 23.8 Å². The van der Waals surface area contributed by atoms with E-state index in [-0.39, 0.29) is 5.63 Å². The zero-order chi connectivity index (χ0) is 16.6. The Hall–Kier alpha value is -1.65. The van der Waals surface area contributed by atoms with Gasteiger partial charge in [-0.2, -0.15) is 0 Å². The lowest BCUT2D eigenvalue weighted by molar-refractivity contribution is 0.103. The van der Waals surface area contributed by atoms with Gasteiger partial charge in [0.25, 0.3) is 0 Å². The SMILES string of the molecule is CC(O)CN(Cc1cc(=O)oc2cc3c(cc12)CCC3)C(C)C. The van der Waals surface area contributed by atoms with E-state index in [1.54, 1.807) is 13.0 Å². The number of aliphatic hydroxyl groups excluding tert-OH is 1. The molecule has 4 heteroatoms. The second kappa shape index (κ2) is 6.46. The zero-order valence-corrected chi connectivity index (χ0v) is 14.1. The number of nitrogens with zero attached hydrogens (tertiary/aromatic N) is 1. The Labute approximate surface area is 136 Å². The molecule has 3 rings (SSSR count). The van der Waals surface area contributed by atoms with Crippen LogP contribution in [0.5, 0.6) is 0 Å². The first-order valence-electron chi connectivity index (χ1n) is 8.44. The molecule has 1 atom stereocenters. The van der Waals surface area contributed by atoms with Crippen LogP contribution in [0.25, 0.3) is 11.0 Å². The van der Waals surface area contributed by atoms with Crippen LogP contribution >= 0.6 is 0 Å². The average Bonchev–Trinajstić information content (AvgIpc) is 2.91. The lowest BCUT2D eigenvalue weighted by Gasteiger charge is -2.28. The predicted molar refractivity (Wildman–Crippen MR) is 91.7 cm³/mol. The lowest BCUT2D eigenvalue weighted by atomic mass is 10.0. The largest absolute Gasteiger partial charge is 0.423 e. The van der Waals surface area contributed by atoms with E-state index in [1.165, 1.54) is 17.5 Å². The van der Waals surface area contributed by atoms with E-state index in [2.05, 4.69) is 24.8 Å². The van der Waals surface area contributed by atoms with E-state index in [9.17, 15) is 9.90 Å². The van der Waals surface area contributed by atoms with Crippen molar-refractivity contribution in [3.63, 3.8) is 0 Å². The highest BCUT2D eigenvalue weighted by atomic mass is 16.4. The van der Waals surface area contributed by atoms with Gasteiger partial charge in [-0.15, -0.1) is 0 Å². The molecule has 1 aromatic heterocycles. The summed E-state index contributed by atoms with van der Waals surface area (Å²) in [5.41, 5.74) is 4.06. The van der Waals surface area contributed by atoms with Crippen LogP contribution in [-0.2, 0) is 19.4 Å². The van der Waals surface area contributed by atoms with Crippen LogP contribution in [0.4, 0.5) is 0 Å². The van der Waals surface area contributed by atoms with Gasteiger partial charge in [0, 0.05) is 30.6 Å². The third-order valence-electron chi connectivity index (χ3n) is 4.65. The summed E-state index contributed by atoms with van der Waals surface area (Å²) in [6.07, 6.45) is 2.95. The molecule has 1 aromatic carbocycles. The minimum absolute atomic E-state index is 0.293. The summed E-state index contributed by atoms with van der Waals surface area (Å²) in [4.78, 5) is 14.1. The summed E-state index contributed by atoms with van der Waals surface area (Å²) >= 11 is 0. The molecule has 124 valence electrons. The Morgan fingerprint density at radius 2 is 1.87 bits per heavy atom. The predicted octanol–water partition coefficient (Wildman–Crippen LogP) is 2.87. The second-order valence-corrected chi connectivity index (χ2v) is 6.93. The number of hydrogen-bond donors (Lipinski definition) is 1. The number of fused-ring (bicyclic) bond motifs is 2. The number of aryl methyl sites for hydroxylation is 2. The van der Waals surface area contributed by atoms with Crippen molar-refractivity contribution in [2.24, 2.45) is 0 Å². The van der Waals surface area contributed by atoms with Crippen molar-refractivity contribution >= 4 is 11.0 Å². The van der Waals surface area contributed by atoms with E-state index in [0.29, 0.717) is 24.7 Å². The maximum atomic E-state index is 11.9. The molecule has 0 amide bonds. The first kappa shape index (κ1) is 16.2. The van der Waals surface area contributed by atoms with Crippen LogP contribution in [-0.4, -0.2) is 28.7 Å². The van der Waals surface area contributed by atoms with Crippen LogP contribution in [0.3, 0.4) is 0 Å².